The zero-order valence-corrected chi connectivity index (χ0v) is 23.4. The van der Waals surface area contributed by atoms with Crippen LogP contribution in [0.5, 0.6) is 0 Å². The summed E-state index contributed by atoms with van der Waals surface area (Å²) in [5.74, 6) is 0. The number of hydrogen-bond acceptors (Lipinski definition) is 2. The highest BCUT2D eigenvalue weighted by atomic mass is 14.9. The number of pyridine rings is 3. The molecule has 196 valence electrons. The lowest BCUT2D eigenvalue weighted by atomic mass is 9.98. The third-order valence-corrected chi connectivity index (χ3v) is 8.96. The maximum atomic E-state index is 4.84. The van der Waals surface area contributed by atoms with Gasteiger partial charge in [0.2, 0.25) is 5.52 Å². The van der Waals surface area contributed by atoms with E-state index in [4.69, 9.17) is 9.97 Å². The zero-order chi connectivity index (χ0) is 27.9. The molecule has 12 bridgehead atoms. The fourth-order valence-electron chi connectivity index (χ4n) is 6.74. The molecule has 0 saturated heterocycles. The molecule has 3 heteroatoms. The molecular formula is C39H26N3+. The van der Waals surface area contributed by atoms with Gasteiger partial charge in [-0.15, -0.1) is 0 Å². The number of nitrogens with zero attached hydrogens (tertiary/aromatic N) is 3. The van der Waals surface area contributed by atoms with E-state index in [0.717, 1.165) is 27.2 Å². The molecule has 0 radical (unpaired) electrons. The molecule has 3 heterocycles. The van der Waals surface area contributed by atoms with Crippen LogP contribution in [0.2, 0.25) is 0 Å². The monoisotopic (exact) mass is 536 g/mol. The first-order valence-corrected chi connectivity index (χ1v) is 14.4. The molecule has 0 aliphatic rings. The Morgan fingerprint density at radius 2 is 0.976 bits per heavy atom. The smallest absolute Gasteiger partial charge is 0.213 e. The molecule has 0 spiro atoms. The van der Waals surface area contributed by atoms with Gasteiger partial charge in [0.25, 0.3) is 0 Å². The van der Waals surface area contributed by atoms with Gasteiger partial charge in [-0.2, -0.15) is 0 Å². The Balaban J connectivity index is 1.58. The van der Waals surface area contributed by atoms with Crippen molar-refractivity contribution in [2.24, 2.45) is 7.05 Å². The molecular weight excluding hydrogens is 510 g/mol. The van der Waals surface area contributed by atoms with E-state index in [9.17, 15) is 0 Å². The standard InChI is InChI=1S/C39H26N3/c1-23-13-30-20-40-37-11-9-28-16-35(37)33(30)18-32(23)39-19-34-31(22-42(39)2)21-41-38-12-10-29(17-36(34)38)27-8-4-6-25(15-27)24-5-3-7-26(28)14-24/h3-22H,1-2H3/q+1. The topological polar surface area (TPSA) is 29.7 Å². The first-order chi connectivity index (χ1) is 20.6. The zero-order valence-electron chi connectivity index (χ0n) is 23.4. The number of aryl methyl sites for hydroxylation is 2. The van der Waals surface area contributed by atoms with Gasteiger partial charge >= 0.3 is 0 Å². The van der Waals surface area contributed by atoms with E-state index in [0.29, 0.717) is 0 Å². The van der Waals surface area contributed by atoms with Crippen LogP contribution in [0.3, 0.4) is 0 Å². The van der Waals surface area contributed by atoms with E-state index < -0.39 is 0 Å². The predicted octanol–water partition coefficient (Wildman–Crippen LogP) is 9.40. The molecule has 0 N–H and O–H groups in total. The Kier molecular flexibility index (Phi) is 4.74. The fourth-order valence-corrected chi connectivity index (χ4v) is 6.74. The molecule has 9 rings (SSSR count). The fraction of sp³-hybridized carbons (Fsp3) is 0.0513. The Morgan fingerprint density at radius 1 is 0.452 bits per heavy atom. The maximum Gasteiger partial charge on any atom is 0.213 e. The highest BCUT2D eigenvalue weighted by Gasteiger charge is 2.13. The second-order valence-corrected chi connectivity index (χ2v) is 11.5. The van der Waals surface area contributed by atoms with Crippen LogP contribution < -0.4 is 4.57 Å². The summed E-state index contributed by atoms with van der Waals surface area (Å²) in [5.41, 5.74) is 4.42. The van der Waals surface area contributed by atoms with Crippen molar-refractivity contribution in [3.05, 3.63) is 127 Å². The normalized spacial score (nSPS) is 12.0. The Bertz CT molecular complexity index is 2470. The average molecular weight is 537 g/mol. The van der Waals surface area contributed by atoms with Gasteiger partial charge in [0.15, 0.2) is 6.20 Å². The predicted molar refractivity (Wildman–Crippen MR) is 177 cm³/mol. The van der Waals surface area contributed by atoms with Gasteiger partial charge in [0, 0.05) is 45.4 Å². The van der Waals surface area contributed by atoms with E-state index in [1.54, 1.807) is 0 Å². The number of hydrogen-bond donors (Lipinski definition) is 0. The summed E-state index contributed by atoms with van der Waals surface area (Å²) in [6, 6.07) is 38.0. The molecule has 0 aliphatic heterocycles. The summed E-state index contributed by atoms with van der Waals surface area (Å²) in [5, 5.41) is 15.5. The SMILES string of the molecule is Cc1cc2cnc3ccc4cc3c2cc1c1cc2c(cnc3ccc(cc32)c2cccc(c2)c2cccc4c2)c[n+]1C. The van der Waals surface area contributed by atoms with Gasteiger partial charge in [-0.05, 0) is 98.7 Å². The summed E-state index contributed by atoms with van der Waals surface area (Å²) in [6.07, 6.45) is 6.21. The number of rotatable bonds is 0. The first-order valence-electron chi connectivity index (χ1n) is 14.4. The van der Waals surface area contributed by atoms with Crippen molar-refractivity contribution in [1.82, 2.24) is 9.97 Å². The third kappa shape index (κ3) is 3.44. The van der Waals surface area contributed by atoms with Gasteiger partial charge in [-0.25, -0.2) is 4.57 Å². The summed E-state index contributed by atoms with van der Waals surface area (Å²) < 4.78 is 2.23. The van der Waals surface area contributed by atoms with E-state index in [-0.39, 0.29) is 0 Å². The number of aromatic nitrogens is 3. The highest BCUT2D eigenvalue weighted by Crippen LogP contribution is 2.32. The van der Waals surface area contributed by atoms with Crippen molar-refractivity contribution in [3.63, 3.8) is 0 Å². The minimum atomic E-state index is 1.00. The van der Waals surface area contributed by atoms with Crippen molar-refractivity contribution < 1.29 is 4.57 Å². The summed E-state index contributed by atoms with van der Waals surface area (Å²) in [4.78, 5) is 9.67. The van der Waals surface area contributed by atoms with Crippen LogP contribution in [0.15, 0.2) is 122 Å². The Morgan fingerprint density at radius 3 is 1.57 bits per heavy atom. The summed E-state index contributed by atoms with van der Waals surface area (Å²) in [7, 11) is 2.13. The molecule has 0 fully saturated rings. The minimum absolute atomic E-state index is 1.00. The Hall–Kier alpha value is -5.41. The van der Waals surface area contributed by atoms with Crippen molar-refractivity contribution in [1.29, 1.82) is 0 Å². The average Bonchev–Trinajstić information content (AvgIpc) is 3.03. The summed E-state index contributed by atoms with van der Waals surface area (Å²) >= 11 is 0. The van der Waals surface area contributed by atoms with Gasteiger partial charge in [-0.1, -0.05) is 48.5 Å². The lowest BCUT2D eigenvalue weighted by Gasteiger charge is -2.08. The van der Waals surface area contributed by atoms with Crippen molar-refractivity contribution in [2.75, 3.05) is 0 Å². The molecule has 0 atom stereocenters. The molecule has 6 aromatic carbocycles. The Labute approximate surface area is 242 Å². The van der Waals surface area contributed by atoms with E-state index in [1.165, 1.54) is 64.9 Å². The van der Waals surface area contributed by atoms with Gasteiger partial charge < -0.3 is 0 Å². The first kappa shape index (κ1) is 23.3. The second-order valence-electron chi connectivity index (χ2n) is 11.5. The van der Waals surface area contributed by atoms with Crippen LogP contribution in [0.1, 0.15) is 5.56 Å². The van der Waals surface area contributed by atoms with Crippen molar-refractivity contribution >= 4 is 86.6 Å². The van der Waals surface area contributed by atoms with E-state index in [1.807, 2.05) is 12.4 Å². The van der Waals surface area contributed by atoms with Gasteiger partial charge in [-0.3, -0.25) is 9.97 Å². The van der Waals surface area contributed by atoms with Gasteiger partial charge in [0.1, 0.15) is 7.05 Å². The quantitative estimate of drug-likeness (QED) is 0.143. The van der Waals surface area contributed by atoms with Crippen molar-refractivity contribution in [3.8, 4) is 0 Å². The largest absolute Gasteiger partial charge is 0.256 e. The third-order valence-electron chi connectivity index (χ3n) is 8.96. The van der Waals surface area contributed by atoms with Crippen molar-refractivity contribution in [2.45, 2.75) is 6.92 Å². The van der Waals surface area contributed by atoms with Crippen LogP contribution >= 0.6 is 0 Å². The minimum Gasteiger partial charge on any atom is -0.256 e. The van der Waals surface area contributed by atoms with Crippen LogP contribution in [0.25, 0.3) is 86.6 Å². The van der Waals surface area contributed by atoms with Gasteiger partial charge in [0.05, 0.1) is 16.4 Å². The van der Waals surface area contributed by atoms with E-state index in [2.05, 4.69) is 128 Å². The van der Waals surface area contributed by atoms with Crippen LogP contribution in [-0.4, -0.2) is 9.97 Å². The molecule has 0 amide bonds. The summed E-state index contributed by atoms with van der Waals surface area (Å²) in [6.45, 7) is 2.20. The lowest BCUT2D eigenvalue weighted by Crippen LogP contribution is -2.28. The second kappa shape index (κ2) is 8.55. The van der Waals surface area contributed by atoms with Crippen LogP contribution in [0.4, 0.5) is 0 Å². The van der Waals surface area contributed by atoms with Crippen LogP contribution in [0, 0.1) is 6.92 Å². The van der Waals surface area contributed by atoms with Crippen LogP contribution in [-0.2, 0) is 7.05 Å². The number of benzene rings is 5. The molecule has 9 aromatic rings. The lowest BCUT2D eigenvalue weighted by molar-refractivity contribution is -0.643. The molecule has 0 aliphatic carbocycles. The highest BCUT2D eigenvalue weighted by molar-refractivity contribution is 6.13. The molecule has 3 aromatic heterocycles. The molecule has 0 unspecified atom stereocenters. The number of fused-ring (bicyclic) bond motifs is 12. The molecule has 3 nitrogen and oxygen atoms in total. The van der Waals surface area contributed by atoms with E-state index >= 15 is 0 Å². The molecule has 0 saturated carbocycles. The maximum absolute atomic E-state index is 4.84. The molecule has 42 heavy (non-hydrogen) atoms.